The lowest BCUT2D eigenvalue weighted by Gasteiger charge is -2.26. The fourth-order valence-electron chi connectivity index (χ4n) is 3.27. The number of carbonyl (C=O) groups excluding carboxylic acids is 3. The number of nitrogens with zero attached hydrogens (tertiary/aromatic N) is 1. The molecule has 1 aliphatic heterocycles. The predicted octanol–water partition coefficient (Wildman–Crippen LogP) is 3.58. The number of rotatable bonds is 8. The van der Waals surface area contributed by atoms with Crippen molar-refractivity contribution in [3.05, 3.63) is 65.8 Å². The maximum Gasteiger partial charge on any atom is 0.335 e. The predicted molar refractivity (Wildman–Crippen MR) is 120 cm³/mol. The number of imide groups is 2. The number of allylic oxidation sites excluding steroid dienone is 1. The minimum absolute atomic E-state index is 0.0282. The minimum atomic E-state index is -0.839. The fraction of sp³-hybridized carbons (Fsp3) is 0.208. The van der Waals surface area contributed by atoms with Crippen LogP contribution < -0.4 is 19.7 Å². The molecule has 1 aliphatic rings. The third kappa shape index (κ3) is 4.64. The van der Waals surface area contributed by atoms with E-state index in [1.165, 1.54) is 12.1 Å². The van der Waals surface area contributed by atoms with E-state index in [2.05, 4.69) is 11.9 Å². The van der Waals surface area contributed by atoms with Crippen LogP contribution in [0.5, 0.6) is 17.2 Å². The van der Waals surface area contributed by atoms with Gasteiger partial charge in [-0.3, -0.25) is 14.9 Å². The van der Waals surface area contributed by atoms with Gasteiger partial charge in [0.25, 0.3) is 11.8 Å². The number of nitrogens with one attached hydrogen (secondary N) is 1. The molecule has 0 aliphatic carbocycles. The van der Waals surface area contributed by atoms with Gasteiger partial charge < -0.3 is 14.6 Å². The summed E-state index contributed by atoms with van der Waals surface area (Å²) in [7, 11) is 0. The Morgan fingerprint density at radius 1 is 1.06 bits per heavy atom. The second-order valence-electron chi connectivity index (χ2n) is 6.84. The van der Waals surface area contributed by atoms with Gasteiger partial charge in [-0.05, 0) is 68.3 Å². The van der Waals surface area contributed by atoms with Gasteiger partial charge in [-0.15, -0.1) is 6.58 Å². The molecule has 32 heavy (non-hydrogen) atoms. The van der Waals surface area contributed by atoms with E-state index in [-0.39, 0.29) is 17.1 Å². The van der Waals surface area contributed by atoms with Crippen LogP contribution in [0.2, 0.25) is 0 Å². The Morgan fingerprint density at radius 3 is 2.38 bits per heavy atom. The van der Waals surface area contributed by atoms with E-state index in [1.54, 1.807) is 43.3 Å². The van der Waals surface area contributed by atoms with Crippen LogP contribution in [-0.4, -0.2) is 36.2 Å². The van der Waals surface area contributed by atoms with Crippen molar-refractivity contribution in [2.24, 2.45) is 0 Å². The Labute approximate surface area is 185 Å². The van der Waals surface area contributed by atoms with Gasteiger partial charge in [-0.25, -0.2) is 9.69 Å². The SMILES string of the molecule is C=CCc1cc(/C=C2/C(=O)NC(=O)N(c3ccc(OCC)cc3)C2=O)cc(OCC)c1O. The molecule has 8 nitrogen and oxygen atoms in total. The molecule has 8 heteroatoms. The Kier molecular flexibility index (Phi) is 6.94. The molecule has 166 valence electrons. The molecule has 3 rings (SSSR count). The van der Waals surface area contributed by atoms with Crippen LogP contribution in [0.1, 0.15) is 25.0 Å². The molecular formula is C24H24N2O6. The topological polar surface area (TPSA) is 105 Å². The number of barbiturate groups is 1. The average molecular weight is 436 g/mol. The first kappa shape index (κ1) is 22.6. The molecule has 1 heterocycles. The molecule has 0 saturated carbocycles. The molecule has 2 aromatic rings. The van der Waals surface area contributed by atoms with Crippen LogP contribution in [0.25, 0.3) is 6.08 Å². The van der Waals surface area contributed by atoms with E-state index in [4.69, 9.17) is 9.47 Å². The smallest absolute Gasteiger partial charge is 0.335 e. The lowest BCUT2D eigenvalue weighted by molar-refractivity contribution is -0.122. The molecule has 2 aromatic carbocycles. The number of carbonyl (C=O) groups is 3. The summed E-state index contributed by atoms with van der Waals surface area (Å²) in [5.41, 5.74) is 1.06. The average Bonchev–Trinajstić information content (AvgIpc) is 2.76. The number of amides is 4. The van der Waals surface area contributed by atoms with Gasteiger partial charge in [-0.2, -0.15) is 0 Å². The highest BCUT2D eigenvalue weighted by Crippen LogP contribution is 2.33. The molecular weight excluding hydrogens is 412 g/mol. The van der Waals surface area contributed by atoms with Crippen LogP contribution in [0, 0.1) is 0 Å². The van der Waals surface area contributed by atoms with E-state index in [9.17, 15) is 19.5 Å². The number of benzene rings is 2. The van der Waals surface area contributed by atoms with Crippen molar-refractivity contribution in [3.63, 3.8) is 0 Å². The molecule has 0 bridgehead atoms. The summed E-state index contributed by atoms with van der Waals surface area (Å²) >= 11 is 0. The lowest BCUT2D eigenvalue weighted by Crippen LogP contribution is -2.54. The second kappa shape index (κ2) is 9.82. The summed E-state index contributed by atoms with van der Waals surface area (Å²) in [6, 6.07) is 8.71. The van der Waals surface area contributed by atoms with Crippen molar-refractivity contribution in [2.45, 2.75) is 20.3 Å². The molecule has 0 spiro atoms. The highest BCUT2D eigenvalue weighted by molar-refractivity contribution is 6.39. The van der Waals surface area contributed by atoms with Crippen LogP contribution in [0.3, 0.4) is 0 Å². The zero-order chi connectivity index (χ0) is 23.3. The second-order valence-corrected chi connectivity index (χ2v) is 6.84. The Hall–Kier alpha value is -4.07. The van der Waals surface area contributed by atoms with Gasteiger partial charge in [0.05, 0.1) is 18.9 Å². The zero-order valence-electron chi connectivity index (χ0n) is 17.9. The molecule has 1 saturated heterocycles. The zero-order valence-corrected chi connectivity index (χ0v) is 17.9. The Morgan fingerprint density at radius 2 is 1.75 bits per heavy atom. The van der Waals surface area contributed by atoms with E-state index in [1.807, 2.05) is 6.92 Å². The first-order valence-electron chi connectivity index (χ1n) is 10.1. The van der Waals surface area contributed by atoms with Crippen molar-refractivity contribution >= 4 is 29.6 Å². The van der Waals surface area contributed by atoms with Crippen molar-refractivity contribution in [1.82, 2.24) is 5.32 Å². The van der Waals surface area contributed by atoms with Crippen molar-refractivity contribution < 1.29 is 29.0 Å². The number of ether oxygens (including phenoxy) is 2. The number of phenols is 1. The highest BCUT2D eigenvalue weighted by Gasteiger charge is 2.36. The van der Waals surface area contributed by atoms with Crippen molar-refractivity contribution in [3.8, 4) is 17.2 Å². The molecule has 0 aromatic heterocycles. The molecule has 2 N–H and O–H groups in total. The Bertz CT molecular complexity index is 1090. The lowest BCUT2D eigenvalue weighted by atomic mass is 10.0. The van der Waals surface area contributed by atoms with Gasteiger partial charge in [-0.1, -0.05) is 6.08 Å². The van der Waals surface area contributed by atoms with Crippen LogP contribution in [0.15, 0.2) is 54.6 Å². The van der Waals surface area contributed by atoms with Gasteiger partial charge >= 0.3 is 6.03 Å². The quantitative estimate of drug-likeness (QED) is 0.372. The number of urea groups is 1. The number of hydrogen-bond acceptors (Lipinski definition) is 6. The minimum Gasteiger partial charge on any atom is -0.504 e. The number of phenolic OH excluding ortho intramolecular Hbond substituents is 1. The van der Waals surface area contributed by atoms with Gasteiger partial charge in [0.15, 0.2) is 11.5 Å². The summed E-state index contributed by atoms with van der Waals surface area (Å²) in [5.74, 6) is -0.783. The number of anilines is 1. The van der Waals surface area contributed by atoms with E-state index < -0.39 is 17.8 Å². The van der Waals surface area contributed by atoms with Gasteiger partial charge in [0.1, 0.15) is 11.3 Å². The third-order valence-electron chi connectivity index (χ3n) is 4.66. The monoisotopic (exact) mass is 436 g/mol. The first-order valence-corrected chi connectivity index (χ1v) is 10.1. The largest absolute Gasteiger partial charge is 0.504 e. The summed E-state index contributed by atoms with van der Waals surface area (Å²) < 4.78 is 10.9. The maximum absolute atomic E-state index is 13.1. The molecule has 0 radical (unpaired) electrons. The number of aromatic hydroxyl groups is 1. The van der Waals surface area contributed by atoms with Gasteiger partial charge in [0, 0.05) is 5.56 Å². The van der Waals surface area contributed by atoms with Crippen LogP contribution in [0.4, 0.5) is 10.5 Å². The van der Waals surface area contributed by atoms with E-state index in [0.717, 1.165) is 4.90 Å². The van der Waals surface area contributed by atoms with Crippen molar-refractivity contribution in [2.75, 3.05) is 18.1 Å². The normalized spacial score (nSPS) is 15.0. The van der Waals surface area contributed by atoms with Crippen LogP contribution in [-0.2, 0) is 16.0 Å². The van der Waals surface area contributed by atoms with Crippen LogP contribution >= 0.6 is 0 Å². The maximum atomic E-state index is 13.1. The third-order valence-corrected chi connectivity index (χ3v) is 4.66. The van der Waals surface area contributed by atoms with Crippen molar-refractivity contribution in [1.29, 1.82) is 0 Å². The standard InChI is InChI=1S/C24H24N2O6/c1-4-7-16-12-15(14-20(21(16)27)32-6-3)13-19-22(28)25-24(30)26(23(19)29)17-8-10-18(11-9-17)31-5-2/h4,8-14,27H,1,5-7H2,2-3H3,(H,25,28,30)/b19-13-. The summed E-state index contributed by atoms with van der Waals surface area (Å²) in [5, 5.41) is 12.6. The fourth-order valence-corrected chi connectivity index (χ4v) is 3.27. The summed E-state index contributed by atoms with van der Waals surface area (Å²) in [6.07, 6.45) is 3.34. The Balaban J connectivity index is 2.01. The number of hydrogen-bond donors (Lipinski definition) is 2. The molecule has 4 amide bonds. The van der Waals surface area contributed by atoms with Gasteiger partial charge in [0.2, 0.25) is 0 Å². The molecule has 0 atom stereocenters. The van der Waals surface area contributed by atoms with E-state index in [0.29, 0.717) is 42.2 Å². The first-order chi connectivity index (χ1) is 15.4. The molecule has 1 fully saturated rings. The van der Waals surface area contributed by atoms with E-state index >= 15 is 0 Å². The highest BCUT2D eigenvalue weighted by atomic mass is 16.5. The molecule has 0 unspecified atom stereocenters. The summed E-state index contributed by atoms with van der Waals surface area (Å²) in [4.78, 5) is 38.8. The summed E-state index contributed by atoms with van der Waals surface area (Å²) in [6.45, 7) is 8.09.